The molecule has 1 atom stereocenters. The SMILES string of the molecule is CN(C)CCn1nc2n(c1=O)CCC(NC(=O)c1ccc(CN3CCCCC3)cc1)CC2. The fourth-order valence-corrected chi connectivity index (χ4v) is 4.62. The summed E-state index contributed by atoms with van der Waals surface area (Å²) in [5, 5.41) is 7.70. The van der Waals surface area contributed by atoms with Gasteiger partial charge in [-0.15, -0.1) is 0 Å². The summed E-state index contributed by atoms with van der Waals surface area (Å²) >= 11 is 0. The van der Waals surface area contributed by atoms with Crippen molar-refractivity contribution in [2.24, 2.45) is 0 Å². The highest BCUT2D eigenvalue weighted by atomic mass is 16.2. The Labute approximate surface area is 190 Å². The van der Waals surface area contributed by atoms with Crippen LogP contribution >= 0.6 is 0 Å². The van der Waals surface area contributed by atoms with E-state index in [0.717, 1.165) is 31.8 Å². The van der Waals surface area contributed by atoms with Gasteiger partial charge in [0.25, 0.3) is 5.91 Å². The van der Waals surface area contributed by atoms with E-state index in [1.54, 1.807) is 9.25 Å². The second kappa shape index (κ2) is 10.4. The zero-order valence-electron chi connectivity index (χ0n) is 19.4. The number of amides is 1. The van der Waals surface area contributed by atoms with Gasteiger partial charge < -0.3 is 10.2 Å². The second-order valence-corrected chi connectivity index (χ2v) is 9.41. The van der Waals surface area contributed by atoms with Crippen LogP contribution in [0.4, 0.5) is 0 Å². The Kier molecular flexibility index (Phi) is 7.42. The van der Waals surface area contributed by atoms with E-state index in [0.29, 0.717) is 25.1 Å². The molecular weight excluding hydrogens is 404 g/mol. The van der Waals surface area contributed by atoms with Crippen LogP contribution in [0.1, 0.15) is 53.8 Å². The van der Waals surface area contributed by atoms with E-state index in [9.17, 15) is 9.59 Å². The standard InChI is InChI=1S/C24H36N6O2/c1-27(2)16-17-30-24(32)29-15-12-21(10-11-22(29)26-30)25-23(31)20-8-6-19(7-9-20)18-28-13-4-3-5-14-28/h6-9,21H,3-5,10-18H2,1-2H3,(H,25,31). The highest BCUT2D eigenvalue weighted by Crippen LogP contribution is 2.15. The number of fused-ring (bicyclic) bond motifs is 1. The van der Waals surface area contributed by atoms with Crippen molar-refractivity contribution in [1.29, 1.82) is 0 Å². The fourth-order valence-electron chi connectivity index (χ4n) is 4.62. The summed E-state index contributed by atoms with van der Waals surface area (Å²) in [4.78, 5) is 30.0. The molecule has 2 aliphatic rings. The summed E-state index contributed by atoms with van der Waals surface area (Å²) < 4.78 is 3.34. The second-order valence-electron chi connectivity index (χ2n) is 9.41. The Hall–Kier alpha value is -2.45. The average Bonchev–Trinajstić information content (AvgIpc) is 2.95. The van der Waals surface area contributed by atoms with Gasteiger partial charge >= 0.3 is 5.69 Å². The van der Waals surface area contributed by atoms with Crippen molar-refractivity contribution in [3.8, 4) is 0 Å². The van der Waals surface area contributed by atoms with E-state index in [2.05, 4.69) is 27.4 Å². The highest BCUT2D eigenvalue weighted by Gasteiger charge is 2.22. The number of benzene rings is 1. The summed E-state index contributed by atoms with van der Waals surface area (Å²) in [5.74, 6) is 0.787. The van der Waals surface area contributed by atoms with Crippen molar-refractivity contribution in [2.45, 2.75) is 64.2 Å². The van der Waals surface area contributed by atoms with Crippen molar-refractivity contribution < 1.29 is 4.79 Å². The Bertz CT molecular complexity index is 956. The molecule has 0 radical (unpaired) electrons. The molecule has 3 heterocycles. The van der Waals surface area contributed by atoms with E-state index in [1.807, 2.05) is 31.1 Å². The predicted molar refractivity (Wildman–Crippen MR) is 125 cm³/mol. The molecule has 1 amide bonds. The first-order valence-corrected chi connectivity index (χ1v) is 11.9. The molecule has 0 spiro atoms. The van der Waals surface area contributed by atoms with Crippen molar-refractivity contribution in [3.63, 3.8) is 0 Å². The van der Waals surface area contributed by atoms with Gasteiger partial charge in [-0.1, -0.05) is 18.6 Å². The van der Waals surface area contributed by atoms with Crippen LogP contribution in [0.15, 0.2) is 29.1 Å². The number of hydrogen-bond donors (Lipinski definition) is 1. The Morgan fingerprint density at radius 2 is 1.84 bits per heavy atom. The van der Waals surface area contributed by atoms with Gasteiger partial charge in [-0.2, -0.15) is 5.10 Å². The Morgan fingerprint density at radius 3 is 2.56 bits per heavy atom. The van der Waals surface area contributed by atoms with Crippen molar-refractivity contribution in [1.82, 2.24) is 29.5 Å². The number of likely N-dealkylation sites (tertiary alicyclic amines) is 1. The minimum atomic E-state index is -0.0434. The summed E-state index contributed by atoms with van der Waals surface area (Å²) in [6.07, 6.45) is 6.14. The zero-order valence-corrected chi connectivity index (χ0v) is 19.4. The first-order valence-electron chi connectivity index (χ1n) is 11.9. The molecule has 4 rings (SSSR count). The topological polar surface area (TPSA) is 75.4 Å². The van der Waals surface area contributed by atoms with Gasteiger partial charge in [0.05, 0.1) is 6.54 Å². The third-order valence-electron chi connectivity index (χ3n) is 6.58. The number of carbonyl (C=O) groups excluding carboxylic acids is 1. The molecule has 0 saturated carbocycles. The summed E-state index contributed by atoms with van der Waals surface area (Å²) in [6, 6.07) is 8.05. The van der Waals surface area contributed by atoms with Gasteiger partial charge in [0, 0.05) is 37.7 Å². The normalized spacial score (nSPS) is 19.5. The van der Waals surface area contributed by atoms with Crippen LogP contribution in [0.3, 0.4) is 0 Å². The van der Waals surface area contributed by atoms with Gasteiger partial charge in [0.2, 0.25) is 0 Å². The van der Waals surface area contributed by atoms with Crippen LogP contribution in [0.25, 0.3) is 0 Å². The van der Waals surface area contributed by atoms with Gasteiger partial charge in [-0.3, -0.25) is 14.3 Å². The quantitative estimate of drug-likeness (QED) is 0.710. The third kappa shape index (κ3) is 5.66. The lowest BCUT2D eigenvalue weighted by Crippen LogP contribution is -2.36. The number of nitrogens with one attached hydrogen (secondary N) is 1. The number of nitrogens with zero attached hydrogens (tertiary/aromatic N) is 5. The van der Waals surface area contributed by atoms with Gasteiger partial charge in [-0.05, 0) is 70.6 Å². The molecule has 0 bridgehead atoms. The molecule has 32 heavy (non-hydrogen) atoms. The van der Waals surface area contributed by atoms with Crippen molar-refractivity contribution in [2.75, 3.05) is 33.7 Å². The number of likely N-dealkylation sites (N-methyl/N-ethyl adjacent to an activating group) is 1. The van der Waals surface area contributed by atoms with E-state index in [-0.39, 0.29) is 17.6 Å². The lowest BCUT2D eigenvalue weighted by atomic mass is 10.1. The maximum absolute atomic E-state index is 12.8. The van der Waals surface area contributed by atoms with Crippen LogP contribution in [0, 0.1) is 0 Å². The van der Waals surface area contributed by atoms with E-state index in [4.69, 9.17) is 0 Å². The Balaban J connectivity index is 1.30. The average molecular weight is 441 g/mol. The smallest absolute Gasteiger partial charge is 0.345 e. The molecule has 1 N–H and O–H groups in total. The lowest BCUT2D eigenvalue weighted by Gasteiger charge is -2.26. The van der Waals surface area contributed by atoms with Gasteiger partial charge in [-0.25, -0.2) is 9.48 Å². The summed E-state index contributed by atoms with van der Waals surface area (Å²) in [7, 11) is 3.98. The number of aromatic nitrogens is 3. The van der Waals surface area contributed by atoms with Gasteiger partial charge in [0.1, 0.15) is 5.82 Å². The van der Waals surface area contributed by atoms with Crippen LogP contribution in [-0.4, -0.2) is 69.8 Å². The number of hydrogen-bond acceptors (Lipinski definition) is 5. The molecule has 1 saturated heterocycles. The maximum atomic E-state index is 12.8. The minimum absolute atomic E-state index is 0.0394. The fraction of sp³-hybridized carbons (Fsp3) is 0.625. The lowest BCUT2D eigenvalue weighted by molar-refractivity contribution is 0.0933. The Morgan fingerprint density at radius 1 is 1.09 bits per heavy atom. The monoisotopic (exact) mass is 440 g/mol. The molecule has 174 valence electrons. The molecule has 1 fully saturated rings. The molecule has 8 heteroatoms. The largest absolute Gasteiger partial charge is 0.349 e. The van der Waals surface area contributed by atoms with Crippen molar-refractivity contribution >= 4 is 5.91 Å². The predicted octanol–water partition coefficient (Wildman–Crippen LogP) is 1.73. The van der Waals surface area contributed by atoms with Crippen LogP contribution < -0.4 is 11.0 Å². The summed E-state index contributed by atoms with van der Waals surface area (Å²) in [6.45, 7) is 5.27. The minimum Gasteiger partial charge on any atom is -0.349 e. The molecule has 1 aromatic heterocycles. The van der Waals surface area contributed by atoms with Crippen LogP contribution in [0.5, 0.6) is 0 Å². The first-order chi connectivity index (χ1) is 15.5. The molecule has 1 aromatic carbocycles. The highest BCUT2D eigenvalue weighted by molar-refractivity contribution is 5.94. The number of carbonyl (C=O) groups is 1. The molecule has 2 aromatic rings. The van der Waals surface area contributed by atoms with E-state index < -0.39 is 0 Å². The van der Waals surface area contributed by atoms with Crippen LogP contribution in [0.2, 0.25) is 0 Å². The number of piperidine rings is 1. The molecule has 2 aliphatic heterocycles. The van der Waals surface area contributed by atoms with Gasteiger partial charge in [0.15, 0.2) is 0 Å². The van der Waals surface area contributed by atoms with Crippen LogP contribution in [-0.2, 0) is 26.1 Å². The van der Waals surface area contributed by atoms with Crippen molar-refractivity contribution in [3.05, 3.63) is 51.7 Å². The molecule has 1 unspecified atom stereocenters. The number of rotatable bonds is 7. The molecule has 8 nitrogen and oxygen atoms in total. The third-order valence-corrected chi connectivity index (χ3v) is 6.58. The summed E-state index contributed by atoms with van der Waals surface area (Å²) in [5.41, 5.74) is 1.91. The zero-order chi connectivity index (χ0) is 22.5. The number of aryl methyl sites for hydroxylation is 1. The van der Waals surface area contributed by atoms with E-state index >= 15 is 0 Å². The van der Waals surface area contributed by atoms with E-state index in [1.165, 1.54) is 37.9 Å². The maximum Gasteiger partial charge on any atom is 0.345 e. The molecular formula is C24H36N6O2. The molecule has 0 aliphatic carbocycles. The first kappa shape index (κ1) is 22.7.